The van der Waals surface area contributed by atoms with Gasteiger partial charge in [0.05, 0.1) is 0 Å². The van der Waals surface area contributed by atoms with Crippen LogP contribution in [0.4, 0.5) is 4.39 Å². The first-order valence-electron chi connectivity index (χ1n) is 6.53. The maximum atomic E-state index is 13.6. The average Bonchev–Trinajstić information content (AvgIpc) is 2.28. The molecule has 1 nitrogen and oxygen atoms in total. The molecule has 2 unspecified atom stereocenters. The summed E-state index contributed by atoms with van der Waals surface area (Å²) >= 11 is 0. The first kappa shape index (κ1) is 14.2. The summed E-state index contributed by atoms with van der Waals surface area (Å²) in [6.45, 7) is 9.70. The molecule has 2 atom stereocenters. The summed E-state index contributed by atoms with van der Waals surface area (Å²) in [7, 11) is 0. The molecule has 0 amide bonds. The van der Waals surface area contributed by atoms with E-state index in [9.17, 15) is 4.39 Å². The zero-order valence-corrected chi connectivity index (χ0v) is 11.3. The lowest BCUT2D eigenvalue weighted by Crippen LogP contribution is -2.40. The number of benzene rings is 1. The fourth-order valence-corrected chi connectivity index (χ4v) is 2.47. The molecule has 0 saturated heterocycles. The number of halogens is 1. The maximum absolute atomic E-state index is 13.6. The zero-order valence-electron chi connectivity index (χ0n) is 11.3. The van der Waals surface area contributed by atoms with Crippen molar-refractivity contribution in [3.8, 4) is 0 Å². The molecule has 2 heteroatoms. The van der Waals surface area contributed by atoms with Crippen LogP contribution in [0.15, 0.2) is 24.3 Å². The molecule has 0 saturated carbocycles. The van der Waals surface area contributed by atoms with Crippen molar-refractivity contribution in [3.05, 3.63) is 35.6 Å². The van der Waals surface area contributed by atoms with Gasteiger partial charge in [-0.25, -0.2) is 4.39 Å². The van der Waals surface area contributed by atoms with Crippen LogP contribution < -0.4 is 5.32 Å². The van der Waals surface area contributed by atoms with Crippen LogP contribution in [-0.2, 0) is 6.42 Å². The van der Waals surface area contributed by atoms with E-state index in [2.05, 4.69) is 33.0 Å². The van der Waals surface area contributed by atoms with Crippen molar-refractivity contribution in [2.45, 2.75) is 40.2 Å². The van der Waals surface area contributed by atoms with E-state index in [0.717, 1.165) is 18.5 Å². The summed E-state index contributed by atoms with van der Waals surface area (Å²) in [6, 6.07) is 7.52. The van der Waals surface area contributed by atoms with Gasteiger partial charge in [-0.15, -0.1) is 0 Å². The molecule has 0 fully saturated rings. The zero-order chi connectivity index (χ0) is 12.8. The smallest absolute Gasteiger partial charge is 0.126 e. The lowest BCUT2D eigenvalue weighted by molar-refractivity contribution is 0.300. The maximum Gasteiger partial charge on any atom is 0.126 e. The molecule has 0 radical (unpaired) electrons. The van der Waals surface area contributed by atoms with E-state index in [1.165, 1.54) is 0 Å². The third-order valence-electron chi connectivity index (χ3n) is 3.27. The van der Waals surface area contributed by atoms with Crippen LogP contribution in [0.3, 0.4) is 0 Å². The Kier molecular flexibility index (Phi) is 5.63. The fourth-order valence-electron chi connectivity index (χ4n) is 2.47. The summed E-state index contributed by atoms with van der Waals surface area (Å²) < 4.78 is 13.6. The van der Waals surface area contributed by atoms with Gasteiger partial charge in [-0.3, -0.25) is 0 Å². The van der Waals surface area contributed by atoms with Crippen LogP contribution in [0.5, 0.6) is 0 Å². The molecule has 0 heterocycles. The Morgan fingerprint density at radius 3 is 2.35 bits per heavy atom. The lowest BCUT2D eigenvalue weighted by Gasteiger charge is -2.28. The highest BCUT2D eigenvalue weighted by molar-refractivity contribution is 5.18. The van der Waals surface area contributed by atoms with Gasteiger partial charge in [0.1, 0.15) is 5.82 Å². The molecule has 0 bridgehead atoms. The van der Waals surface area contributed by atoms with E-state index < -0.39 is 0 Å². The van der Waals surface area contributed by atoms with Gasteiger partial charge in [-0.05, 0) is 36.4 Å². The van der Waals surface area contributed by atoms with Crippen molar-refractivity contribution in [2.24, 2.45) is 11.8 Å². The molecule has 0 spiro atoms. The molecule has 1 aromatic carbocycles. The van der Waals surface area contributed by atoms with E-state index in [0.29, 0.717) is 17.9 Å². The van der Waals surface area contributed by atoms with Gasteiger partial charge in [-0.2, -0.15) is 0 Å². The minimum atomic E-state index is -0.0849. The largest absolute Gasteiger partial charge is 0.314 e. The molecule has 0 aliphatic heterocycles. The van der Waals surface area contributed by atoms with Crippen LogP contribution in [0, 0.1) is 17.7 Å². The summed E-state index contributed by atoms with van der Waals surface area (Å²) in [4.78, 5) is 0. The first-order chi connectivity index (χ1) is 8.06. The van der Waals surface area contributed by atoms with E-state index >= 15 is 0 Å². The van der Waals surface area contributed by atoms with Gasteiger partial charge < -0.3 is 5.32 Å². The molecule has 0 aliphatic carbocycles. The van der Waals surface area contributed by atoms with E-state index in [-0.39, 0.29) is 5.82 Å². The van der Waals surface area contributed by atoms with E-state index in [1.54, 1.807) is 12.1 Å². The van der Waals surface area contributed by atoms with Gasteiger partial charge in [-0.1, -0.05) is 45.9 Å². The predicted octanol–water partition coefficient (Wildman–Crippen LogP) is 3.64. The molecule has 96 valence electrons. The SMILES string of the molecule is CCNC(C(C)C)C(C)Cc1ccccc1F. The topological polar surface area (TPSA) is 12.0 Å². The van der Waals surface area contributed by atoms with Crippen molar-refractivity contribution in [3.63, 3.8) is 0 Å². The van der Waals surface area contributed by atoms with E-state index in [4.69, 9.17) is 0 Å². The van der Waals surface area contributed by atoms with Crippen molar-refractivity contribution < 1.29 is 4.39 Å². The van der Waals surface area contributed by atoms with Crippen LogP contribution in [0.2, 0.25) is 0 Å². The molecule has 17 heavy (non-hydrogen) atoms. The van der Waals surface area contributed by atoms with Crippen LogP contribution in [0.1, 0.15) is 33.3 Å². The van der Waals surface area contributed by atoms with Gasteiger partial charge in [0.15, 0.2) is 0 Å². The number of rotatable bonds is 6. The second-order valence-corrected chi connectivity index (χ2v) is 5.10. The second kappa shape index (κ2) is 6.75. The Labute approximate surface area is 104 Å². The summed E-state index contributed by atoms with van der Waals surface area (Å²) in [5, 5.41) is 3.50. The lowest BCUT2D eigenvalue weighted by atomic mass is 9.87. The highest BCUT2D eigenvalue weighted by Gasteiger charge is 2.20. The predicted molar refractivity (Wildman–Crippen MR) is 71.6 cm³/mol. The first-order valence-corrected chi connectivity index (χ1v) is 6.53. The molecule has 1 aromatic rings. The Morgan fingerprint density at radius 2 is 1.82 bits per heavy atom. The van der Waals surface area contributed by atoms with Gasteiger partial charge >= 0.3 is 0 Å². The molecule has 0 aromatic heterocycles. The number of nitrogens with one attached hydrogen (secondary N) is 1. The van der Waals surface area contributed by atoms with Crippen LogP contribution in [-0.4, -0.2) is 12.6 Å². The number of hydrogen-bond donors (Lipinski definition) is 1. The quantitative estimate of drug-likeness (QED) is 0.796. The standard InChI is InChI=1S/C15H24FN/c1-5-17-15(11(2)3)12(4)10-13-8-6-7-9-14(13)16/h6-9,11-12,15,17H,5,10H2,1-4H3. The highest BCUT2D eigenvalue weighted by Crippen LogP contribution is 2.19. The third-order valence-corrected chi connectivity index (χ3v) is 3.27. The van der Waals surface area contributed by atoms with Gasteiger partial charge in [0.25, 0.3) is 0 Å². The van der Waals surface area contributed by atoms with E-state index in [1.807, 2.05) is 12.1 Å². The second-order valence-electron chi connectivity index (χ2n) is 5.10. The molecular formula is C15H24FN. The summed E-state index contributed by atoms with van der Waals surface area (Å²) in [6.07, 6.45) is 0.794. The summed E-state index contributed by atoms with van der Waals surface area (Å²) in [5.41, 5.74) is 0.823. The van der Waals surface area contributed by atoms with Crippen molar-refractivity contribution in [2.75, 3.05) is 6.54 Å². The third kappa shape index (κ3) is 4.12. The average molecular weight is 237 g/mol. The fraction of sp³-hybridized carbons (Fsp3) is 0.600. The monoisotopic (exact) mass is 237 g/mol. The number of hydrogen-bond acceptors (Lipinski definition) is 1. The highest BCUT2D eigenvalue weighted by atomic mass is 19.1. The molecule has 1 rings (SSSR count). The molecule has 0 aliphatic rings. The summed E-state index contributed by atoms with van der Waals surface area (Å²) in [5.74, 6) is 0.918. The van der Waals surface area contributed by atoms with Crippen molar-refractivity contribution in [1.82, 2.24) is 5.32 Å². The Morgan fingerprint density at radius 1 is 1.18 bits per heavy atom. The molecular weight excluding hydrogens is 213 g/mol. The minimum Gasteiger partial charge on any atom is -0.314 e. The Balaban J connectivity index is 2.69. The Hall–Kier alpha value is -0.890. The molecule has 1 N–H and O–H groups in total. The van der Waals surface area contributed by atoms with Gasteiger partial charge in [0, 0.05) is 6.04 Å². The van der Waals surface area contributed by atoms with Crippen molar-refractivity contribution in [1.29, 1.82) is 0 Å². The van der Waals surface area contributed by atoms with Crippen molar-refractivity contribution >= 4 is 0 Å². The van der Waals surface area contributed by atoms with Crippen LogP contribution in [0.25, 0.3) is 0 Å². The minimum absolute atomic E-state index is 0.0849. The normalized spacial score (nSPS) is 14.9. The Bertz CT molecular complexity index is 335. The van der Waals surface area contributed by atoms with Crippen LogP contribution >= 0.6 is 0 Å². The van der Waals surface area contributed by atoms with Gasteiger partial charge in [0.2, 0.25) is 0 Å².